The number of fused-ring (bicyclic) bond motifs is 1. The number of carbonyl (C=O) groups excluding carboxylic acids is 2. The van der Waals surface area contributed by atoms with Crippen molar-refractivity contribution in [3.8, 4) is 17.2 Å². The van der Waals surface area contributed by atoms with E-state index in [2.05, 4.69) is 15.3 Å². The Morgan fingerprint density at radius 2 is 2.03 bits per heavy atom. The van der Waals surface area contributed by atoms with E-state index < -0.39 is 17.6 Å². The molecule has 0 radical (unpaired) electrons. The number of aromatic nitrogens is 2. The van der Waals surface area contributed by atoms with Crippen molar-refractivity contribution >= 4 is 22.6 Å². The van der Waals surface area contributed by atoms with Gasteiger partial charge >= 0.3 is 0 Å². The molecule has 2 aromatic heterocycles. The lowest BCUT2D eigenvalue weighted by atomic mass is 9.95. The Labute approximate surface area is 210 Å². The minimum Gasteiger partial charge on any atom is -0.480 e. The molecule has 9 heteroatoms. The van der Waals surface area contributed by atoms with Crippen molar-refractivity contribution < 1.29 is 23.1 Å². The van der Waals surface area contributed by atoms with E-state index in [1.165, 1.54) is 0 Å². The number of hydrogen-bond donors (Lipinski definition) is 1. The number of Topliss-reactive ketones (excluding diaryl/α,β-unsaturated/α-hetero) is 1. The molecule has 8 nitrogen and oxygen atoms in total. The van der Waals surface area contributed by atoms with Crippen molar-refractivity contribution in [3.05, 3.63) is 42.4 Å². The number of amides is 1. The van der Waals surface area contributed by atoms with E-state index in [-0.39, 0.29) is 18.9 Å². The molecule has 3 heterocycles. The summed E-state index contributed by atoms with van der Waals surface area (Å²) in [6.07, 6.45) is 5.51. The highest BCUT2D eigenvalue weighted by atomic mass is 19.1. The minimum absolute atomic E-state index is 0.0570. The molecule has 0 spiro atoms. The monoisotopic (exact) mass is 496 g/mol. The van der Waals surface area contributed by atoms with Gasteiger partial charge in [0.2, 0.25) is 17.4 Å². The first-order chi connectivity index (χ1) is 17.3. The minimum atomic E-state index is -1.92. The summed E-state index contributed by atoms with van der Waals surface area (Å²) in [7, 11) is 3.31. The summed E-state index contributed by atoms with van der Waals surface area (Å²) < 4.78 is 26.5. The van der Waals surface area contributed by atoms with Gasteiger partial charge < -0.3 is 14.5 Å². The third-order valence-electron chi connectivity index (χ3n) is 6.57. The van der Waals surface area contributed by atoms with E-state index in [9.17, 15) is 14.0 Å². The Hall–Kier alpha value is -3.33. The standard InChI is InChI=1S/C27H33FN4O4/c1-4-19(33)11-6-5-7-13-22(31-26(34)27(28)16-32(2)17-27)25-29-15-23(36-25)20-14-18-10-8-9-12-21(18)30-24(20)35-3/h8-10,12,14-15,22H,4-7,11,13,16-17H2,1-3H3,(H,31,34)/t22-/m0/s1. The van der Waals surface area contributed by atoms with Crippen LogP contribution in [0.5, 0.6) is 5.88 Å². The number of unbranched alkanes of at least 4 members (excludes halogenated alkanes) is 2. The van der Waals surface area contributed by atoms with E-state index in [0.29, 0.717) is 42.4 Å². The number of para-hydroxylation sites is 1. The molecule has 1 N–H and O–H groups in total. The second-order valence-corrected chi connectivity index (χ2v) is 9.46. The highest BCUT2D eigenvalue weighted by Crippen LogP contribution is 2.34. The lowest BCUT2D eigenvalue weighted by molar-refractivity contribution is -0.144. The predicted molar refractivity (Wildman–Crippen MR) is 134 cm³/mol. The maximum atomic E-state index is 14.9. The zero-order chi connectivity index (χ0) is 25.7. The molecule has 4 rings (SSSR count). The van der Waals surface area contributed by atoms with Crippen molar-refractivity contribution in [3.63, 3.8) is 0 Å². The number of alkyl halides is 1. The average molecular weight is 497 g/mol. The Balaban J connectivity index is 1.53. The molecule has 1 aromatic carbocycles. The number of carbonyl (C=O) groups is 2. The number of nitrogens with one attached hydrogen (secondary N) is 1. The molecule has 1 aliphatic rings. The number of oxazole rings is 1. The van der Waals surface area contributed by atoms with E-state index in [0.717, 1.165) is 30.2 Å². The molecule has 0 saturated carbocycles. The van der Waals surface area contributed by atoms with Crippen LogP contribution in [-0.4, -0.2) is 59.5 Å². The molecule has 1 aliphatic heterocycles. The SMILES string of the molecule is CCC(=O)CCCCC[C@H](NC(=O)C1(F)CN(C)C1)c1ncc(-c2cc3ccccc3nc2OC)o1. The van der Waals surface area contributed by atoms with Crippen LogP contribution in [0.15, 0.2) is 40.9 Å². The first-order valence-corrected chi connectivity index (χ1v) is 12.4. The number of benzene rings is 1. The quantitative estimate of drug-likeness (QED) is 0.365. The molecule has 1 atom stereocenters. The number of halogens is 1. The molecule has 0 unspecified atom stereocenters. The van der Waals surface area contributed by atoms with Crippen molar-refractivity contribution in [2.45, 2.75) is 57.2 Å². The number of likely N-dealkylation sites (tertiary alicyclic amines) is 1. The van der Waals surface area contributed by atoms with Crippen molar-refractivity contribution in [2.24, 2.45) is 0 Å². The Morgan fingerprint density at radius 3 is 2.75 bits per heavy atom. The number of hydrogen-bond acceptors (Lipinski definition) is 7. The van der Waals surface area contributed by atoms with Gasteiger partial charge in [-0.15, -0.1) is 0 Å². The lowest BCUT2D eigenvalue weighted by Gasteiger charge is -2.41. The van der Waals surface area contributed by atoms with Gasteiger partial charge in [-0.1, -0.05) is 38.0 Å². The fourth-order valence-corrected chi connectivity index (χ4v) is 4.53. The third-order valence-corrected chi connectivity index (χ3v) is 6.57. The summed E-state index contributed by atoms with van der Waals surface area (Å²) in [6.45, 7) is 1.97. The molecule has 1 amide bonds. The van der Waals surface area contributed by atoms with Gasteiger partial charge in [0.15, 0.2) is 5.76 Å². The van der Waals surface area contributed by atoms with E-state index in [4.69, 9.17) is 9.15 Å². The van der Waals surface area contributed by atoms with Gasteiger partial charge in [-0.3, -0.25) is 14.5 Å². The smallest absolute Gasteiger partial charge is 0.261 e. The van der Waals surface area contributed by atoms with Gasteiger partial charge in [0.1, 0.15) is 11.8 Å². The predicted octanol–water partition coefficient (Wildman–Crippen LogP) is 4.64. The van der Waals surface area contributed by atoms with Crippen molar-refractivity contribution in [1.29, 1.82) is 0 Å². The molecule has 3 aromatic rings. The van der Waals surface area contributed by atoms with Gasteiger partial charge in [0, 0.05) is 31.3 Å². The van der Waals surface area contributed by atoms with Crippen LogP contribution in [0.1, 0.15) is 57.4 Å². The van der Waals surface area contributed by atoms with Crippen LogP contribution in [0.3, 0.4) is 0 Å². The first-order valence-electron chi connectivity index (χ1n) is 12.4. The van der Waals surface area contributed by atoms with Gasteiger partial charge in [-0.05, 0) is 32.0 Å². The largest absolute Gasteiger partial charge is 0.480 e. The van der Waals surface area contributed by atoms with Crippen LogP contribution in [-0.2, 0) is 9.59 Å². The maximum absolute atomic E-state index is 14.9. The normalized spacial score (nSPS) is 15.9. The Morgan fingerprint density at radius 1 is 1.25 bits per heavy atom. The molecule has 0 bridgehead atoms. The van der Waals surface area contributed by atoms with E-state index >= 15 is 0 Å². The van der Waals surface area contributed by atoms with Crippen LogP contribution in [0.2, 0.25) is 0 Å². The second kappa shape index (κ2) is 11.2. The third kappa shape index (κ3) is 5.73. The maximum Gasteiger partial charge on any atom is 0.261 e. The molecule has 192 valence electrons. The zero-order valence-electron chi connectivity index (χ0n) is 21.1. The van der Waals surface area contributed by atoms with Crippen molar-refractivity contribution in [2.75, 3.05) is 27.2 Å². The topological polar surface area (TPSA) is 97.6 Å². The summed E-state index contributed by atoms with van der Waals surface area (Å²) in [5.74, 6) is 0.735. The van der Waals surface area contributed by atoms with Crippen LogP contribution < -0.4 is 10.1 Å². The molecular weight excluding hydrogens is 463 g/mol. The van der Waals surface area contributed by atoms with Gasteiger partial charge in [-0.2, -0.15) is 0 Å². The fourth-order valence-electron chi connectivity index (χ4n) is 4.53. The van der Waals surface area contributed by atoms with Gasteiger partial charge in [0.05, 0.1) is 24.4 Å². The molecule has 36 heavy (non-hydrogen) atoms. The summed E-state index contributed by atoms with van der Waals surface area (Å²) in [5, 5.41) is 3.74. The van der Waals surface area contributed by atoms with Crippen molar-refractivity contribution in [1.82, 2.24) is 20.2 Å². The van der Waals surface area contributed by atoms with E-state index in [1.807, 2.05) is 37.3 Å². The van der Waals surface area contributed by atoms with Gasteiger partial charge in [-0.25, -0.2) is 14.4 Å². The van der Waals surface area contributed by atoms with E-state index in [1.54, 1.807) is 25.3 Å². The first kappa shape index (κ1) is 25.8. The zero-order valence-corrected chi connectivity index (χ0v) is 21.1. The molecule has 1 fully saturated rings. The van der Waals surface area contributed by atoms with Crippen LogP contribution >= 0.6 is 0 Å². The summed E-state index contributed by atoms with van der Waals surface area (Å²) in [4.78, 5) is 35.1. The number of rotatable bonds is 12. The Bertz CT molecular complexity index is 1220. The summed E-state index contributed by atoms with van der Waals surface area (Å²) >= 11 is 0. The fraction of sp³-hybridized carbons (Fsp3) is 0.481. The number of pyridine rings is 1. The average Bonchev–Trinajstić information content (AvgIpc) is 3.35. The summed E-state index contributed by atoms with van der Waals surface area (Å²) in [5.41, 5.74) is -0.481. The molecule has 1 saturated heterocycles. The number of methoxy groups -OCH3 is 1. The number of nitrogens with zero attached hydrogens (tertiary/aromatic N) is 3. The molecule has 0 aliphatic carbocycles. The van der Waals surface area contributed by atoms with Gasteiger partial charge in [0.25, 0.3) is 5.91 Å². The second-order valence-electron chi connectivity index (χ2n) is 9.46. The van der Waals surface area contributed by atoms with Crippen LogP contribution in [0.25, 0.3) is 22.2 Å². The number of ether oxygens (including phenoxy) is 1. The summed E-state index contributed by atoms with van der Waals surface area (Å²) in [6, 6.07) is 9.01. The molecular formula is C27H33FN4O4. The number of ketones is 1. The lowest BCUT2D eigenvalue weighted by Crippen LogP contribution is -2.64. The van der Waals surface area contributed by atoms with Crippen LogP contribution in [0, 0.1) is 0 Å². The van der Waals surface area contributed by atoms with Crippen LogP contribution in [0.4, 0.5) is 4.39 Å². The Kier molecular flexibility index (Phi) is 7.98. The highest BCUT2D eigenvalue weighted by Gasteiger charge is 2.49. The highest BCUT2D eigenvalue weighted by molar-refractivity contribution is 5.87.